The van der Waals surface area contributed by atoms with Gasteiger partial charge in [0.15, 0.2) is 0 Å². The molecule has 1 fully saturated rings. The van der Waals surface area contributed by atoms with Gasteiger partial charge in [-0.05, 0) is 32.4 Å². The fourth-order valence-electron chi connectivity index (χ4n) is 2.21. The van der Waals surface area contributed by atoms with Gasteiger partial charge in [-0.3, -0.25) is 9.69 Å². The van der Waals surface area contributed by atoms with E-state index in [2.05, 4.69) is 37.9 Å². The summed E-state index contributed by atoms with van der Waals surface area (Å²) in [6.45, 7) is 13.1. The van der Waals surface area contributed by atoms with Crippen LogP contribution in [-0.2, 0) is 4.79 Å². The summed E-state index contributed by atoms with van der Waals surface area (Å²) in [7, 11) is 2.05. The maximum atomic E-state index is 12.2. The van der Waals surface area contributed by atoms with Crippen LogP contribution < -0.4 is 5.32 Å². The lowest BCUT2D eigenvalue weighted by molar-refractivity contribution is -0.132. The molecule has 1 N–H and O–H groups in total. The molecule has 0 radical (unpaired) electrons. The molecule has 0 aromatic rings. The van der Waals surface area contributed by atoms with Crippen molar-refractivity contribution in [2.24, 2.45) is 5.41 Å². The summed E-state index contributed by atoms with van der Waals surface area (Å²) in [5, 5.41) is 3.32. The van der Waals surface area contributed by atoms with Gasteiger partial charge in [-0.1, -0.05) is 20.8 Å². The summed E-state index contributed by atoms with van der Waals surface area (Å²) in [4.78, 5) is 16.4. The largest absolute Gasteiger partial charge is 0.340 e. The van der Waals surface area contributed by atoms with Crippen LogP contribution in [0.25, 0.3) is 0 Å². The van der Waals surface area contributed by atoms with Crippen molar-refractivity contribution in [2.45, 2.75) is 40.2 Å². The summed E-state index contributed by atoms with van der Waals surface area (Å²) in [6.07, 6.45) is 1.06. The first-order valence-corrected chi connectivity index (χ1v) is 7.01. The van der Waals surface area contributed by atoms with Gasteiger partial charge in [0.1, 0.15) is 0 Å². The van der Waals surface area contributed by atoms with Crippen LogP contribution in [0.15, 0.2) is 0 Å². The zero-order chi connectivity index (χ0) is 13.8. The zero-order valence-corrected chi connectivity index (χ0v) is 12.6. The molecule has 106 valence electrons. The third-order valence-corrected chi connectivity index (χ3v) is 3.99. The van der Waals surface area contributed by atoms with Crippen LogP contribution in [0.1, 0.15) is 34.1 Å². The van der Waals surface area contributed by atoms with Crippen LogP contribution in [0.2, 0.25) is 0 Å². The second kappa shape index (κ2) is 6.53. The Labute approximate surface area is 112 Å². The first kappa shape index (κ1) is 15.4. The molecule has 1 amide bonds. The highest BCUT2D eigenvalue weighted by atomic mass is 16.2. The quantitative estimate of drug-likeness (QED) is 0.822. The number of hydrogen-bond donors (Lipinski definition) is 1. The second-order valence-electron chi connectivity index (χ2n) is 6.44. The summed E-state index contributed by atoms with van der Waals surface area (Å²) >= 11 is 0. The highest BCUT2D eigenvalue weighted by molar-refractivity contribution is 5.78. The number of amides is 1. The Morgan fingerprint density at radius 1 is 1.33 bits per heavy atom. The van der Waals surface area contributed by atoms with Crippen molar-refractivity contribution in [2.75, 3.05) is 39.8 Å². The number of rotatable bonds is 3. The fourth-order valence-corrected chi connectivity index (χ4v) is 2.21. The number of nitrogens with one attached hydrogen (secondary N) is 1. The van der Waals surface area contributed by atoms with Crippen molar-refractivity contribution < 1.29 is 4.79 Å². The lowest BCUT2D eigenvalue weighted by Crippen LogP contribution is -2.46. The van der Waals surface area contributed by atoms with E-state index < -0.39 is 0 Å². The van der Waals surface area contributed by atoms with Crippen molar-refractivity contribution >= 4 is 5.91 Å². The van der Waals surface area contributed by atoms with Gasteiger partial charge in [-0.25, -0.2) is 0 Å². The molecule has 0 spiro atoms. The molecule has 18 heavy (non-hydrogen) atoms. The monoisotopic (exact) mass is 255 g/mol. The molecule has 1 atom stereocenters. The molecule has 1 unspecified atom stereocenters. The normalized spacial score (nSPS) is 19.8. The Kier molecular flexibility index (Phi) is 5.60. The van der Waals surface area contributed by atoms with Gasteiger partial charge in [0, 0.05) is 25.7 Å². The molecule has 0 saturated carbocycles. The van der Waals surface area contributed by atoms with Crippen molar-refractivity contribution in [3.63, 3.8) is 0 Å². The van der Waals surface area contributed by atoms with E-state index in [4.69, 9.17) is 0 Å². The smallest absolute Gasteiger partial charge is 0.236 e. The van der Waals surface area contributed by atoms with E-state index in [9.17, 15) is 4.79 Å². The molecule has 1 heterocycles. The highest BCUT2D eigenvalue weighted by Gasteiger charge is 2.26. The molecular formula is C14H29N3O. The van der Waals surface area contributed by atoms with Crippen LogP contribution in [0.4, 0.5) is 0 Å². The molecule has 0 aromatic carbocycles. The maximum Gasteiger partial charge on any atom is 0.236 e. The molecule has 4 heteroatoms. The third-order valence-electron chi connectivity index (χ3n) is 3.99. The molecular weight excluding hydrogens is 226 g/mol. The third kappa shape index (κ3) is 4.58. The first-order chi connectivity index (χ1) is 8.32. The average molecular weight is 255 g/mol. The number of carbonyl (C=O) groups excluding carboxylic acids is 1. The van der Waals surface area contributed by atoms with Gasteiger partial charge < -0.3 is 10.2 Å². The minimum Gasteiger partial charge on any atom is -0.340 e. The van der Waals surface area contributed by atoms with E-state index in [-0.39, 0.29) is 11.3 Å². The number of likely N-dealkylation sites (N-methyl/N-ethyl adjacent to an activating group) is 1. The van der Waals surface area contributed by atoms with Gasteiger partial charge >= 0.3 is 0 Å². The summed E-state index contributed by atoms with van der Waals surface area (Å²) < 4.78 is 0. The molecule has 4 nitrogen and oxygen atoms in total. The van der Waals surface area contributed by atoms with Crippen molar-refractivity contribution in [3.8, 4) is 0 Å². The molecule has 1 rings (SSSR count). The summed E-state index contributed by atoms with van der Waals surface area (Å²) in [5.74, 6) is 0.261. The van der Waals surface area contributed by atoms with Gasteiger partial charge in [-0.15, -0.1) is 0 Å². The van der Waals surface area contributed by atoms with Gasteiger partial charge in [0.05, 0.1) is 6.54 Å². The second-order valence-corrected chi connectivity index (χ2v) is 6.44. The van der Waals surface area contributed by atoms with Gasteiger partial charge in [-0.2, -0.15) is 0 Å². The average Bonchev–Trinajstić information content (AvgIpc) is 2.55. The van der Waals surface area contributed by atoms with Gasteiger partial charge in [0.2, 0.25) is 5.91 Å². The minimum absolute atomic E-state index is 0.204. The van der Waals surface area contributed by atoms with Gasteiger partial charge in [0.25, 0.3) is 0 Å². The first-order valence-electron chi connectivity index (χ1n) is 7.01. The Morgan fingerprint density at radius 3 is 2.61 bits per heavy atom. The number of hydrogen-bond acceptors (Lipinski definition) is 3. The van der Waals surface area contributed by atoms with Crippen molar-refractivity contribution in [1.29, 1.82) is 0 Å². The topological polar surface area (TPSA) is 35.6 Å². The predicted octanol–water partition coefficient (Wildman–Crippen LogP) is 1.17. The Balaban J connectivity index is 2.47. The van der Waals surface area contributed by atoms with Crippen molar-refractivity contribution in [1.82, 2.24) is 15.1 Å². The van der Waals surface area contributed by atoms with E-state index in [0.717, 1.165) is 32.6 Å². The number of nitrogens with zero attached hydrogens (tertiary/aromatic N) is 2. The summed E-state index contributed by atoms with van der Waals surface area (Å²) in [6, 6.07) is 0.395. The molecule has 1 aliphatic heterocycles. The molecule has 0 aliphatic carbocycles. The van der Waals surface area contributed by atoms with E-state index >= 15 is 0 Å². The molecule has 0 aromatic heterocycles. The Hall–Kier alpha value is -0.610. The highest BCUT2D eigenvalue weighted by Crippen LogP contribution is 2.22. The fraction of sp³-hybridized carbons (Fsp3) is 0.929. The van der Waals surface area contributed by atoms with E-state index in [1.807, 2.05) is 11.9 Å². The minimum atomic E-state index is 0.204. The van der Waals surface area contributed by atoms with E-state index in [0.29, 0.717) is 12.6 Å². The predicted molar refractivity (Wildman–Crippen MR) is 75.6 cm³/mol. The standard InChI is InChI=1S/C14H29N3O/c1-12(14(2,3)4)16(5)11-13(18)17-9-6-7-15-8-10-17/h12,15H,6-11H2,1-5H3. The van der Waals surface area contributed by atoms with Crippen LogP contribution in [0.5, 0.6) is 0 Å². The lowest BCUT2D eigenvalue weighted by Gasteiger charge is -2.36. The SMILES string of the molecule is CC(N(C)CC(=O)N1CCCNCC1)C(C)(C)C. The van der Waals surface area contributed by atoms with E-state index in [1.54, 1.807) is 0 Å². The van der Waals surface area contributed by atoms with Crippen LogP contribution in [0.3, 0.4) is 0 Å². The van der Waals surface area contributed by atoms with E-state index in [1.165, 1.54) is 0 Å². The van der Waals surface area contributed by atoms with Crippen LogP contribution in [-0.4, -0.2) is 61.5 Å². The van der Waals surface area contributed by atoms with Crippen LogP contribution >= 0.6 is 0 Å². The zero-order valence-electron chi connectivity index (χ0n) is 12.6. The molecule has 1 saturated heterocycles. The maximum absolute atomic E-state index is 12.2. The lowest BCUT2D eigenvalue weighted by atomic mass is 9.87. The number of carbonyl (C=O) groups is 1. The Bertz CT molecular complexity index is 265. The molecule has 0 bridgehead atoms. The van der Waals surface area contributed by atoms with Crippen LogP contribution in [0, 0.1) is 5.41 Å². The van der Waals surface area contributed by atoms with Crippen molar-refractivity contribution in [3.05, 3.63) is 0 Å². The molecule has 1 aliphatic rings. The Morgan fingerprint density at radius 2 is 2.00 bits per heavy atom. The summed E-state index contributed by atoms with van der Waals surface area (Å²) in [5.41, 5.74) is 0.204.